The van der Waals surface area contributed by atoms with Gasteiger partial charge in [0.15, 0.2) is 22.7 Å². The minimum absolute atomic E-state index is 0.690. The fraction of sp³-hybridized carbons (Fsp3) is 0.351. The molecule has 0 bridgehead atoms. The fourth-order valence-corrected chi connectivity index (χ4v) is 6.62. The molecule has 234 valence electrons. The van der Waals surface area contributed by atoms with Gasteiger partial charge < -0.3 is 23.4 Å². The van der Waals surface area contributed by atoms with Crippen molar-refractivity contribution in [2.24, 2.45) is 0 Å². The minimum Gasteiger partial charge on any atom is -0.489 e. The maximum absolute atomic E-state index is 6.41. The van der Waals surface area contributed by atoms with E-state index in [0.29, 0.717) is 6.61 Å². The summed E-state index contributed by atoms with van der Waals surface area (Å²) in [6, 6.07) is 23.0. The molecule has 0 unspecified atom stereocenters. The molecule has 9 heteroatoms. The SMILES string of the molecule is CCN(CCC[N+](C)=c1ccc2nc3cc4c(cc3oc-2c1)N(CC)CCO4)c1ccc2nc3ccc(=[N+]4CCC4)cc-3oc2c1. The van der Waals surface area contributed by atoms with Crippen LogP contribution < -0.4 is 34.4 Å². The van der Waals surface area contributed by atoms with E-state index in [4.69, 9.17) is 23.5 Å². The zero-order chi connectivity index (χ0) is 31.2. The van der Waals surface area contributed by atoms with Crippen molar-refractivity contribution in [2.45, 2.75) is 26.7 Å². The highest BCUT2D eigenvalue weighted by atomic mass is 16.5. The summed E-state index contributed by atoms with van der Waals surface area (Å²) in [4.78, 5) is 14.5. The van der Waals surface area contributed by atoms with Crippen molar-refractivity contribution in [3.8, 4) is 28.7 Å². The van der Waals surface area contributed by atoms with Crippen molar-refractivity contribution in [2.75, 3.05) is 69.3 Å². The summed E-state index contributed by atoms with van der Waals surface area (Å²) >= 11 is 0. The van der Waals surface area contributed by atoms with Crippen LogP contribution in [-0.4, -0.2) is 69.4 Å². The van der Waals surface area contributed by atoms with E-state index >= 15 is 0 Å². The zero-order valence-corrected chi connectivity index (χ0v) is 26.8. The molecule has 1 saturated heterocycles. The number of nitrogens with zero attached hydrogens (tertiary/aromatic N) is 6. The highest BCUT2D eigenvalue weighted by Gasteiger charge is 2.21. The van der Waals surface area contributed by atoms with E-state index < -0.39 is 0 Å². The largest absolute Gasteiger partial charge is 0.489 e. The molecule has 6 aliphatic rings. The average molecular weight is 617 g/mol. The highest BCUT2D eigenvalue weighted by molar-refractivity contribution is 5.84. The number of fused-ring (bicyclic) bond motifs is 5. The van der Waals surface area contributed by atoms with Crippen LogP contribution in [0.2, 0.25) is 0 Å². The fourth-order valence-electron chi connectivity index (χ4n) is 6.62. The third kappa shape index (κ3) is 5.23. The van der Waals surface area contributed by atoms with Crippen LogP contribution in [0.4, 0.5) is 11.4 Å². The third-order valence-corrected chi connectivity index (χ3v) is 9.46. The number of hydrogen-bond donors (Lipinski definition) is 0. The molecule has 4 heterocycles. The molecule has 0 saturated carbocycles. The number of benzene rings is 4. The van der Waals surface area contributed by atoms with Crippen molar-refractivity contribution >= 4 is 33.6 Å². The van der Waals surface area contributed by atoms with Gasteiger partial charge in [0, 0.05) is 62.1 Å². The van der Waals surface area contributed by atoms with E-state index in [9.17, 15) is 0 Å². The van der Waals surface area contributed by atoms with E-state index in [1.54, 1.807) is 0 Å². The molecule has 4 aliphatic heterocycles. The van der Waals surface area contributed by atoms with Crippen molar-refractivity contribution < 1.29 is 13.6 Å². The molecule has 0 spiro atoms. The van der Waals surface area contributed by atoms with Gasteiger partial charge in [-0.05, 0) is 38.1 Å². The summed E-state index contributed by atoms with van der Waals surface area (Å²) in [7, 11) is 2.14. The molecule has 2 aromatic rings. The van der Waals surface area contributed by atoms with E-state index in [1.165, 1.54) is 11.8 Å². The van der Waals surface area contributed by atoms with Gasteiger partial charge in [0.05, 0.1) is 30.8 Å². The monoisotopic (exact) mass is 616 g/mol. The second-order valence-corrected chi connectivity index (χ2v) is 12.3. The van der Waals surface area contributed by atoms with Crippen molar-refractivity contribution in [1.82, 2.24) is 19.1 Å². The van der Waals surface area contributed by atoms with Crippen LogP contribution in [0.15, 0.2) is 75.6 Å². The first kappa shape index (κ1) is 28.5. The molecular formula is C37H40N6O3+2. The maximum Gasteiger partial charge on any atom is 0.203 e. The summed E-state index contributed by atoms with van der Waals surface area (Å²) < 4.78 is 23.4. The van der Waals surface area contributed by atoms with Crippen LogP contribution in [0, 0.1) is 0 Å². The molecule has 9 nitrogen and oxygen atoms in total. The first-order chi connectivity index (χ1) is 22.6. The number of rotatable bonds is 7. The topological polar surface area (TPSA) is 73.8 Å². The quantitative estimate of drug-likeness (QED) is 0.187. The minimum atomic E-state index is 0.690. The van der Waals surface area contributed by atoms with Gasteiger partial charge in [0.25, 0.3) is 0 Å². The number of hydrogen-bond acceptors (Lipinski definition) is 7. The molecule has 46 heavy (non-hydrogen) atoms. The van der Waals surface area contributed by atoms with Gasteiger partial charge in [-0.15, -0.1) is 0 Å². The van der Waals surface area contributed by atoms with Gasteiger partial charge >= 0.3 is 0 Å². The molecular weight excluding hydrogens is 576 g/mol. The van der Waals surface area contributed by atoms with E-state index in [1.807, 2.05) is 12.1 Å². The Labute approximate surface area is 268 Å². The lowest BCUT2D eigenvalue weighted by Gasteiger charge is -2.30. The summed E-state index contributed by atoms with van der Waals surface area (Å²) in [5.74, 6) is 2.49. The average Bonchev–Trinajstić information content (AvgIpc) is 3.05. The van der Waals surface area contributed by atoms with Gasteiger partial charge in [-0.25, -0.2) is 19.1 Å². The Kier molecular flexibility index (Phi) is 7.31. The Balaban J connectivity index is 1.02. The predicted molar refractivity (Wildman–Crippen MR) is 183 cm³/mol. The van der Waals surface area contributed by atoms with Gasteiger partial charge in [-0.2, -0.15) is 0 Å². The molecule has 0 aromatic heterocycles. The smallest absolute Gasteiger partial charge is 0.203 e. The van der Waals surface area contributed by atoms with E-state index in [2.05, 4.69) is 94.4 Å². The maximum atomic E-state index is 6.41. The summed E-state index contributed by atoms with van der Waals surface area (Å²) in [5.41, 5.74) is 7.23. The van der Waals surface area contributed by atoms with Crippen LogP contribution in [0.5, 0.6) is 5.75 Å². The standard InChI is InChI=1S/C37H40N6O3/c1-4-41(26-9-12-28-34(21-26)45-35-22-27(43-16-7-17-43)10-13-29(35)38-28)15-6-14-40(3)25-8-11-30-33(20-25)46-36-24-32-37(23-31(36)39-30)44-19-18-42(32)5-2/h8-13,20-24H,4-7,14-19H2,1-3H3/q+2. The van der Waals surface area contributed by atoms with E-state index in [-0.39, 0.29) is 0 Å². The first-order valence-electron chi connectivity index (χ1n) is 16.5. The number of anilines is 2. The van der Waals surface area contributed by atoms with Gasteiger partial charge in [-0.3, -0.25) is 0 Å². The zero-order valence-electron chi connectivity index (χ0n) is 26.8. The molecule has 0 radical (unpaired) electrons. The van der Waals surface area contributed by atoms with Crippen LogP contribution in [0.1, 0.15) is 26.7 Å². The molecule has 2 aromatic carbocycles. The molecule has 2 aliphatic carbocycles. The summed E-state index contributed by atoms with van der Waals surface area (Å²) in [5, 5.41) is 2.32. The van der Waals surface area contributed by atoms with Crippen molar-refractivity contribution in [3.05, 3.63) is 77.4 Å². The normalized spacial score (nSPS) is 15.3. The van der Waals surface area contributed by atoms with E-state index in [0.717, 1.165) is 120 Å². The number of aromatic nitrogens is 2. The molecule has 0 atom stereocenters. The first-order valence-corrected chi connectivity index (χ1v) is 16.5. The molecule has 0 amide bonds. The Morgan fingerprint density at radius 3 is 2.43 bits per heavy atom. The van der Waals surface area contributed by atoms with Crippen molar-refractivity contribution in [1.29, 1.82) is 0 Å². The molecule has 8 rings (SSSR count). The third-order valence-electron chi connectivity index (χ3n) is 9.46. The lowest BCUT2D eigenvalue weighted by atomic mass is 10.1. The second-order valence-electron chi connectivity index (χ2n) is 12.3. The van der Waals surface area contributed by atoms with Gasteiger partial charge in [-0.1, -0.05) is 0 Å². The van der Waals surface area contributed by atoms with Crippen LogP contribution >= 0.6 is 0 Å². The van der Waals surface area contributed by atoms with Gasteiger partial charge in [0.2, 0.25) is 10.7 Å². The Morgan fingerprint density at radius 1 is 0.870 bits per heavy atom. The van der Waals surface area contributed by atoms with Crippen LogP contribution in [0.3, 0.4) is 0 Å². The van der Waals surface area contributed by atoms with Crippen LogP contribution in [0.25, 0.3) is 45.1 Å². The second kappa shape index (κ2) is 11.8. The van der Waals surface area contributed by atoms with Crippen LogP contribution in [-0.2, 0) is 0 Å². The predicted octanol–water partition coefficient (Wildman–Crippen LogP) is 4.89. The lowest BCUT2D eigenvalue weighted by Crippen LogP contribution is -2.40. The summed E-state index contributed by atoms with van der Waals surface area (Å²) in [6.07, 6.45) is 2.25. The number of likely N-dealkylation sites (N-methyl/N-ethyl adjacent to an activating group) is 1. The molecule has 1 fully saturated rings. The van der Waals surface area contributed by atoms with Crippen molar-refractivity contribution in [3.63, 3.8) is 0 Å². The highest BCUT2D eigenvalue weighted by Crippen LogP contribution is 2.36. The Bertz CT molecular complexity index is 2160. The van der Waals surface area contributed by atoms with Gasteiger partial charge in [0.1, 0.15) is 61.5 Å². The summed E-state index contributed by atoms with van der Waals surface area (Å²) in [6.45, 7) is 11.8. The Morgan fingerprint density at radius 2 is 1.65 bits per heavy atom. The Hall–Kier alpha value is -4.92. The lowest BCUT2D eigenvalue weighted by molar-refractivity contribution is 0.308. The number of ether oxygens (including phenoxy) is 1. The molecule has 0 N–H and O–H groups in total.